The Morgan fingerprint density at radius 2 is 1.13 bits per heavy atom. The molecule has 4 rings (SSSR count). The minimum atomic E-state index is -5.11. The van der Waals surface area contributed by atoms with E-state index >= 15 is 0 Å². The maximum absolute atomic E-state index is 13.6. The second kappa shape index (κ2) is 6.67. The Morgan fingerprint density at radius 3 is 1.61 bits per heavy atom. The van der Waals surface area contributed by atoms with Gasteiger partial charge in [0.25, 0.3) is 0 Å². The molecule has 0 spiro atoms. The summed E-state index contributed by atoms with van der Waals surface area (Å²) in [4.78, 5) is 2.36. The molecule has 168 valence electrons. The van der Waals surface area contributed by atoms with Gasteiger partial charge in [-0.15, -0.1) is 0 Å². The molecule has 0 N–H and O–H groups in total. The molecule has 2 aliphatic heterocycles. The van der Waals surface area contributed by atoms with Crippen LogP contribution >= 0.6 is 0 Å². The Hall–Kier alpha value is -2.66. The number of anilines is 2. The van der Waals surface area contributed by atoms with Gasteiger partial charge in [0.15, 0.2) is 0 Å². The van der Waals surface area contributed by atoms with E-state index in [1.807, 2.05) is 0 Å². The van der Waals surface area contributed by atoms with Crippen molar-refractivity contribution in [3.05, 3.63) is 57.6 Å². The number of hydrogen-bond donors (Lipinski definition) is 0. The third-order valence-corrected chi connectivity index (χ3v) is 5.37. The molecule has 2 nitrogen and oxygen atoms in total. The van der Waals surface area contributed by atoms with Crippen LogP contribution < -0.4 is 9.80 Å². The molecule has 12 heteroatoms. The quantitative estimate of drug-likeness (QED) is 0.450. The maximum atomic E-state index is 13.6. The molecular weight excluding hydrogens is 446 g/mol. The molecule has 2 aromatic carbocycles. The van der Waals surface area contributed by atoms with Crippen LogP contribution in [0.3, 0.4) is 0 Å². The third-order valence-electron chi connectivity index (χ3n) is 5.37. The first kappa shape index (κ1) is 21.6. The van der Waals surface area contributed by atoms with E-state index in [-0.39, 0.29) is 41.8 Å². The zero-order valence-corrected chi connectivity index (χ0v) is 15.3. The van der Waals surface area contributed by atoms with E-state index < -0.39 is 54.0 Å². The molecule has 2 heterocycles. The number of halogens is 10. The van der Waals surface area contributed by atoms with Crippen molar-refractivity contribution in [3.63, 3.8) is 0 Å². The van der Waals surface area contributed by atoms with Gasteiger partial charge < -0.3 is 9.80 Å². The summed E-state index contributed by atoms with van der Waals surface area (Å²) in [7, 11) is 0. The number of hydrogen-bond acceptors (Lipinski definition) is 2. The van der Waals surface area contributed by atoms with Crippen LogP contribution in [-0.2, 0) is 38.3 Å². The van der Waals surface area contributed by atoms with Gasteiger partial charge in [-0.25, -0.2) is 4.39 Å². The van der Waals surface area contributed by atoms with Crippen LogP contribution in [0.2, 0.25) is 0 Å². The molecule has 0 radical (unpaired) electrons. The highest BCUT2D eigenvalue weighted by Gasteiger charge is 2.43. The summed E-state index contributed by atoms with van der Waals surface area (Å²) < 4.78 is 133. The van der Waals surface area contributed by atoms with Crippen LogP contribution in [0.4, 0.5) is 55.3 Å². The summed E-state index contributed by atoms with van der Waals surface area (Å²) in [5, 5.41) is 0. The SMILES string of the molecule is FCc1cc(C(F)(F)F)cc2c1CN1CN2Cc2c1cc(C(F)(F)F)cc2C(F)(F)F. The maximum Gasteiger partial charge on any atom is 0.416 e. The van der Waals surface area contributed by atoms with E-state index in [4.69, 9.17) is 0 Å². The summed E-state index contributed by atoms with van der Waals surface area (Å²) in [5.74, 6) is 0. The highest BCUT2D eigenvalue weighted by Crippen LogP contribution is 2.48. The van der Waals surface area contributed by atoms with Gasteiger partial charge in [0.1, 0.15) is 6.67 Å². The predicted molar refractivity (Wildman–Crippen MR) is 89.9 cm³/mol. The van der Waals surface area contributed by atoms with Crippen LogP contribution in [0, 0.1) is 0 Å². The first-order chi connectivity index (χ1) is 14.2. The average Bonchev–Trinajstić information content (AvgIpc) is 2.64. The van der Waals surface area contributed by atoms with Crippen molar-refractivity contribution in [3.8, 4) is 0 Å². The molecule has 2 bridgehead atoms. The van der Waals surface area contributed by atoms with Crippen LogP contribution in [0.5, 0.6) is 0 Å². The van der Waals surface area contributed by atoms with Gasteiger partial charge in [-0.2, -0.15) is 39.5 Å². The molecule has 31 heavy (non-hydrogen) atoms. The number of fused-ring (bicyclic) bond motifs is 6. The first-order valence-electron chi connectivity index (χ1n) is 8.80. The lowest BCUT2D eigenvalue weighted by atomic mass is 9.92. The first-order valence-corrected chi connectivity index (χ1v) is 8.80. The van der Waals surface area contributed by atoms with Crippen LogP contribution in [0.25, 0.3) is 0 Å². The number of rotatable bonds is 1. The lowest BCUT2D eigenvalue weighted by molar-refractivity contribution is -0.143. The molecule has 2 aliphatic rings. The summed E-state index contributed by atoms with van der Waals surface area (Å²) in [6.45, 7) is -2.39. The Balaban J connectivity index is 1.90. The molecule has 0 saturated heterocycles. The Labute approximate surface area is 168 Å². The number of alkyl halides is 10. The second-order valence-corrected chi connectivity index (χ2v) is 7.32. The number of nitrogens with zero attached hydrogens (tertiary/aromatic N) is 2. The van der Waals surface area contributed by atoms with E-state index in [1.54, 1.807) is 0 Å². The van der Waals surface area contributed by atoms with Gasteiger partial charge in [0, 0.05) is 35.6 Å². The van der Waals surface area contributed by atoms with Crippen molar-refractivity contribution in [2.24, 2.45) is 0 Å². The topological polar surface area (TPSA) is 6.48 Å². The van der Waals surface area contributed by atoms with Crippen LogP contribution in [0.1, 0.15) is 33.4 Å². The minimum Gasteiger partial charge on any atom is -0.349 e. The monoisotopic (exact) mass is 458 g/mol. The molecule has 0 unspecified atom stereocenters. The lowest BCUT2D eigenvalue weighted by Gasteiger charge is -2.46. The normalized spacial score (nSPS) is 16.3. The Kier molecular flexibility index (Phi) is 4.64. The van der Waals surface area contributed by atoms with E-state index in [1.165, 1.54) is 9.80 Å². The van der Waals surface area contributed by atoms with Gasteiger partial charge in [-0.3, -0.25) is 0 Å². The molecule has 0 fully saturated rings. The molecule has 0 aromatic heterocycles. The zero-order valence-electron chi connectivity index (χ0n) is 15.3. The molecule has 0 saturated carbocycles. The van der Waals surface area contributed by atoms with Crippen molar-refractivity contribution < 1.29 is 43.9 Å². The van der Waals surface area contributed by atoms with E-state index in [0.717, 1.165) is 6.07 Å². The summed E-state index contributed by atoms with van der Waals surface area (Å²) in [6, 6.07) is 1.93. The van der Waals surface area contributed by atoms with Crippen LogP contribution in [0.15, 0.2) is 24.3 Å². The van der Waals surface area contributed by atoms with Gasteiger partial charge in [-0.1, -0.05) is 0 Å². The molecule has 0 atom stereocenters. The summed E-state index contributed by atoms with van der Waals surface area (Å²) in [5.41, 5.74) is -5.25. The molecule has 2 aromatic rings. The average molecular weight is 458 g/mol. The van der Waals surface area contributed by atoms with Gasteiger partial charge in [-0.05, 0) is 29.8 Å². The van der Waals surface area contributed by atoms with Crippen molar-refractivity contribution >= 4 is 11.4 Å². The molecular formula is C19H12F10N2. The van der Waals surface area contributed by atoms with Crippen LogP contribution in [-0.4, -0.2) is 6.67 Å². The van der Waals surface area contributed by atoms with Crippen molar-refractivity contribution in [2.75, 3.05) is 16.5 Å². The van der Waals surface area contributed by atoms with E-state index in [2.05, 4.69) is 0 Å². The summed E-state index contributed by atoms with van der Waals surface area (Å²) >= 11 is 0. The van der Waals surface area contributed by atoms with E-state index in [9.17, 15) is 43.9 Å². The van der Waals surface area contributed by atoms with E-state index in [0.29, 0.717) is 12.1 Å². The molecule has 0 amide bonds. The predicted octanol–water partition coefficient (Wildman–Crippen LogP) is 6.51. The highest BCUT2D eigenvalue weighted by molar-refractivity contribution is 5.71. The largest absolute Gasteiger partial charge is 0.416 e. The highest BCUT2D eigenvalue weighted by atomic mass is 19.4. The lowest BCUT2D eigenvalue weighted by Crippen LogP contribution is -2.47. The second-order valence-electron chi connectivity index (χ2n) is 7.32. The summed E-state index contributed by atoms with van der Waals surface area (Å²) in [6.07, 6.45) is -15.0. The fourth-order valence-electron chi connectivity index (χ4n) is 4.00. The van der Waals surface area contributed by atoms with Crippen molar-refractivity contribution in [1.82, 2.24) is 0 Å². The van der Waals surface area contributed by atoms with Gasteiger partial charge in [0.05, 0.1) is 23.4 Å². The van der Waals surface area contributed by atoms with Gasteiger partial charge in [0.2, 0.25) is 0 Å². The van der Waals surface area contributed by atoms with Crippen molar-refractivity contribution in [1.29, 1.82) is 0 Å². The third kappa shape index (κ3) is 3.65. The Morgan fingerprint density at radius 1 is 0.645 bits per heavy atom. The minimum absolute atomic E-state index is 0.00214. The Bertz CT molecular complexity index is 1040. The van der Waals surface area contributed by atoms with Gasteiger partial charge >= 0.3 is 18.5 Å². The fourth-order valence-corrected chi connectivity index (χ4v) is 4.00. The number of benzene rings is 2. The van der Waals surface area contributed by atoms with Crippen molar-refractivity contribution in [2.45, 2.75) is 38.3 Å². The fraction of sp³-hybridized carbons (Fsp3) is 0.368. The smallest absolute Gasteiger partial charge is 0.349 e. The zero-order chi connectivity index (χ0) is 22.9. The molecule has 0 aliphatic carbocycles. The standard InChI is InChI=1S/C19H12F10N2/c20-5-9-1-10(17(21,22)23)3-15-12(9)6-30-8-31(15)7-13-14(19(27,28)29)2-11(4-16(13)30)18(24,25)26/h1-4H,5-8H2.